The monoisotopic (exact) mass is 303 g/mol. The molecule has 1 aromatic rings. The number of likely N-dealkylation sites (tertiary alicyclic amines) is 1. The molecule has 1 saturated heterocycles. The first kappa shape index (κ1) is 14.9. The lowest BCUT2D eigenvalue weighted by Gasteiger charge is -2.34. The van der Waals surface area contributed by atoms with Crippen molar-refractivity contribution in [1.82, 2.24) is 4.90 Å². The molecule has 1 aromatic carbocycles. The Balaban J connectivity index is 1.78. The van der Waals surface area contributed by atoms with Gasteiger partial charge in [-0.25, -0.2) is 4.79 Å². The summed E-state index contributed by atoms with van der Waals surface area (Å²) in [7, 11) is 0. The molecule has 1 fully saturated rings. The van der Waals surface area contributed by atoms with Gasteiger partial charge in [0.05, 0.1) is 0 Å². The van der Waals surface area contributed by atoms with Gasteiger partial charge in [-0.1, -0.05) is 6.07 Å². The van der Waals surface area contributed by atoms with Crippen molar-refractivity contribution in [2.75, 3.05) is 6.54 Å². The minimum absolute atomic E-state index is 0.196. The number of carboxylic acids is 1. The number of piperidine rings is 1. The summed E-state index contributed by atoms with van der Waals surface area (Å²) in [5.74, 6) is -0.362. The Morgan fingerprint density at radius 3 is 2.68 bits per heavy atom. The predicted octanol–water partition coefficient (Wildman–Crippen LogP) is 2.07. The molecule has 5 heteroatoms. The van der Waals surface area contributed by atoms with Crippen LogP contribution in [0.4, 0.5) is 0 Å². The van der Waals surface area contributed by atoms with Gasteiger partial charge in [-0.3, -0.25) is 4.79 Å². The summed E-state index contributed by atoms with van der Waals surface area (Å²) in [6.45, 7) is 4.55. The molecule has 1 amide bonds. The molecule has 0 spiro atoms. The first-order valence-electron chi connectivity index (χ1n) is 7.77. The Labute approximate surface area is 129 Å². The fourth-order valence-electron chi connectivity index (χ4n) is 3.29. The van der Waals surface area contributed by atoms with Crippen molar-refractivity contribution >= 4 is 11.9 Å². The molecule has 0 radical (unpaired) electrons. The third kappa shape index (κ3) is 2.56. The number of aryl methyl sites for hydroxylation is 2. The maximum absolute atomic E-state index is 12.7. The number of hydrogen-bond donors (Lipinski definition) is 1. The van der Waals surface area contributed by atoms with Crippen LogP contribution in [0.25, 0.3) is 0 Å². The third-order valence-electron chi connectivity index (χ3n) is 4.70. The number of benzene rings is 1. The van der Waals surface area contributed by atoms with Gasteiger partial charge in [0.2, 0.25) is 0 Å². The van der Waals surface area contributed by atoms with Gasteiger partial charge >= 0.3 is 5.97 Å². The summed E-state index contributed by atoms with van der Waals surface area (Å²) in [6.07, 6.45) is 2.17. The number of carbonyl (C=O) groups is 2. The second-order valence-electron chi connectivity index (χ2n) is 6.24. The molecule has 0 unspecified atom stereocenters. The summed E-state index contributed by atoms with van der Waals surface area (Å²) >= 11 is 0. The summed E-state index contributed by atoms with van der Waals surface area (Å²) in [4.78, 5) is 25.5. The van der Waals surface area contributed by atoms with Crippen molar-refractivity contribution in [3.8, 4) is 5.75 Å². The Morgan fingerprint density at radius 1 is 1.23 bits per heavy atom. The SMILES string of the molecule is Cc1cc2c(cc1C)O[C@H](C(=O)N1CCCC[C@H]1C(=O)O)C2. The van der Waals surface area contributed by atoms with E-state index >= 15 is 0 Å². The molecule has 1 N–H and O–H groups in total. The minimum atomic E-state index is -0.921. The van der Waals surface area contributed by atoms with E-state index in [2.05, 4.69) is 6.07 Å². The largest absolute Gasteiger partial charge is 0.480 e. The number of amides is 1. The smallest absolute Gasteiger partial charge is 0.326 e. The van der Waals surface area contributed by atoms with E-state index in [9.17, 15) is 14.7 Å². The van der Waals surface area contributed by atoms with Gasteiger partial charge in [-0.2, -0.15) is 0 Å². The fourth-order valence-corrected chi connectivity index (χ4v) is 3.29. The van der Waals surface area contributed by atoms with Crippen LogP contribution in [-0.2, 0) is 16.0 Å². The van der Waals surface area contributed by atoms with Gasteiger partial charge in [0.25, 0.3) is 5.91 Å². The molecule has 3 rings (SSSR count). The Hall–Kier alpha value is -2.04. The standard InChI is InChI=1S/C17H21NO4/c1-10-7-12-9-15(22-14(12)8-11(10)2)16(19)18-6-4-3-5-13(18)17(20)21/h7-8,13,15H,3-6,9H2,1-2H3,(H,20,21)/t13-,15-/m0/s1. The van der Waals surface area contributed by atoms with Crippen molar-refractivity contribution in [1.29, 1.82) is 0 Å². The number of rotatable bonds is 2. The van der Waals surface area contributed by atoms with Crippen LogP contribution in [0.3, 0.4) is 0 Å². The highest BCUT2D eigenvalue weighted by Gasteiger charge is 2.38. The van der Waals surface area contributed by atoms with Crippen molar-refractivity contribution in [3.05, 3.63) is 28.8 Å². The number of nitrogens with zero attached hydrogens (tertiary/aromatic N) is 1. The summed E-state index contributed by atoms with van der Waals surface area (Å²) in [6, 6.07) is 3.31. The molecule has 0 saturated carbocycles. The first-order valence-corrected chi connectivity index (χ1v) is 7.77. The van der Waals surface area contributed by atoms with Crippen LogP contribution >= 0.6 is 0 Å². The predicted molar refractivity (Wildman–Crippen MR) is 81.0 cm³/mol. The van der Waals surface area contributed by atoms with Crippen LogP contribution in [0.15, 0.2) is 12.1 Å². The molecule has 2 atom stereocenters. The van der Waals surface area contributed by atoms with Crippen LogP contribution in [0.5, 0.6) is 5.75 Å². The van der Waals surface area contributed by atoms with Crippen molar-refractivity contribution < 1.29 is 19.4 Å². The molecule has 0 bridgehead atoms. The van der Waals surface area contributed by atoms with E-state index in [4.69, 9.17) is 4.74 Å². The van der Waals surface area contributed by atoms with Crippen LogP contribution in [-0.4, -0.2) is 40.6 Å². The van der Waals surface area contributed by atoms with Crippen LogP contribution in [0.2, 0.25) is 0 Å². The van der Waals surface area contributed by atoms with E-state index < -0.39 is 18.1 Å². The molecule has 22 heavy (non-hydrogen) atoms. The Kier molecular flexibility index (Phi) is 3.81. The molecule has 118 valence electrons. The summed E-state index contributed by atoms with van der Waals surface area (Å²) in [5, 5.41) is 9.31. The normalized spacial score (nSPS) is 23.8. The van der Waals surface area contributed by atoms with E-state index in [0.29, 0.717) is 19.4 Å². The quantitative estimate of drug-likeness (QED) is 0.908. The average Bonchev–Trinajstić information content (AvgIpc) is 2.89. The van der Waals surface area contributed by atoms with E-state index in [1.165, 1.54) is 10.5 Å². The van der Waals surface area contributed by atoms with Crippen LogP contribution in [0, 0.1) is 13.8 Å². The Morgan fingerprint density at radius 2 is 1.95 bits per heavy atom. The molecule has 5 nitrogen and oxygen atoms in total. The summed E-state index contributed by atoms with van der Waals surface area (Å²) < 4.78 is 5.80. The number of ether oxygens (including phenoxy) is 1. The van der Waals surface area contributed by atoms with Gasteiger partial charge < -0.3 is 14.7 Å². The van der Waals surface area contributed by atoms with Crippen LogP contribution < -0.4 is 4.74 Å². The van der Waals surface area contributed by atoms with E-state index in [0.717, 1.165) is 29.7 Å². The van der Waals surface area contributed by atoms with Gasteiger partial charge in [0, 0.05) is 13.0 Å². The lowest BCUT2D eigenvalue weighted by molar-refractivity contribution is -0.155. The zero-order valence-corrected chi connectivity index (χ0v) is 13.0. The minimum Gasteiger partial charge on any atom is -0.480 e. The third-order valence-corrected chi connectivity index (χ3v) is 4.70. The highest BCUT2D eigenvalue weighted by molar-refractivity contribution is 5.87. The molecule has 2 aliphatic rings. The second kappa shape index (κ2) is 5.63. The van der Waals surface area contributed by atoms with Gasteiger partial charge in [-0.05, 0) is 55.9 Å². The van der Waals surface area contributed by atoms with Gasteiger partial charge in [0.15, 0.2) is 6.10 Å². The Bertz CT molecular complexity index is 594. The zero-order valence-electron chi connectivity index (χ0n) is 13.0. The average molecular weight is 303 g/mol. The molecule has 0 aliphatic carbocycles. The summed E-state index contributed by atoms with van der Waals surface area (Å²) in [5.41, 5.74) is 3.34. The van der Waals surface area contributed by atoms with E-state index in [1.807, 2.05) is 19.9 Å². The molecule has 0 aromatic heterocycles. The van der Waals surface area contributed by atoms with E-state index in [-0.39, 0.29) is 5.91 Å². The maximum Gasteiger partial charge on any atom is 0.326 e. The molecule has 2 heterocycles. The van der Waals surface area contributed by atoms with Gasteiger partial charge in [-0.15, -0.1) is 0 Å². The second-order valence-corrected chi connectivity index (χ2v) is 6.24. The molecular weight excluding hydrogens is 282 g/mol. The number of carboxylic acid groups (broad SMARTS) is 1. The van der Waals surface area contributed by atoms with Crippen LogP contribution in [0.1, 0.15) is 36.0 Å². The lowest BCUT2D eigenvalue weighted by Crippen LogP contribution is -2.52. The first-order chi connectivity index (χ1) is 10.5. The van der Waals surface area contributed by atoms with Crippen molar-refractivity contribution in [2.24, 2.45) is 0 Å². The number of carbonyl (C=O) groups excluding carboxylic acids is 1. The number of aliphatic carboxylic acids is 1. The molecule has 2 aliphatic heterocycles. The van der Waals surface area contributed by atoms with Crippen molar-refractivity contribution in [3.63, 3.8) is 0 Å². The zero-order chi connectivity index (χ0) is 15.9. The highest BCUT2D eigenvalue weighted by Crippen LogP contribution is 2.33. The topological polar surface area (TPSA) is 66.8 Å². The van der Waals surface area contributed by atoms with Crippen molar-refractivity contribution in [2.45, 2.75) is 51.7 Å². The van der Waals surface area contributed by atoms with Gasteiger partial charge in [0.1, 0.15) is 11.8 Å². The fraction of sp³-hybridized carbons (Fsp3) is 0.529. The maximum atomic E-state index is 12.7. The van der Waals surface area contributed by atoms with E-state index in [1.54, 1.807) is 0 Å². The lowest BCUT2D eigenvalue weighted by atomic mass is 9.99. The number of fused-ring (bicyclic) bond motifs is 1. The number of hydrogen-bond acceptors (Lipinski definition) is 3. The highest BCUT2D eigenvalue weighted by atomic mass is 16.5. The molecular formula is C17H21NO4.